The standard InChI is InChI=1S/C30H28N6O4.Li.H/c1-34(2)28(38)16-19-9-10-25-26(15-19)35(30(31)32-25)17-20-5-3-7-22(13-20)24-11-12-27(37)36(33-24)18-21-6-4-8-23(14-21)29(39)40;;/h3-15H,16-18H2,1-2H3,(H2,31,32)(H,39,40);;. The van der Waals surface area contributed by atoms with Crippen molar-refractivity contribution < 1.29 is 14.7 Å². The number of rotatable bonds is 8. The van der Waals surface area contributed by atoms with Gasteiger partial charge in [0, 0.05) is 25.7 Å². The van der Waals surface area contributed by atoms with Gasteiger partial charge in [-0.25, -0.2) is 14.5 Å². The maximum atomic E-state index is 12.5. The summed E-state index contributed by atoms with van der Waals surface area (Å²) in [5, 5.41) is 13.8. The van der Waals surface area contributed by atoms with E-state index in [2.05, 4.69) is 10.1 Å². The number of aromatic nitrogens is 4. The molecule has 5 aromatic rings. The zero-order valence-electron chi connectivity index (χ0n) is 22.1. The molecule has 0 aliphatic heterocycles. The van der Waals surface area contributed by atoms with Gasteiger partial charge in [0.1, 0.15) is 0 Å². The van der Waals surface area contributed by atoms with Crippen molar-refractivity contribution in [2.24, 2.45) is 0 Å². The van der Waals surface area contributed by atoms with E-state index in [0.717, 1.165) is 27.7 Å². The number of nitrogens with zero attached hydrogens (tertiary/aromatic N) is 5. The quantitative estimate of drug-likeness (QED) is 0.287. The third kappa shape index (κ3) is 6.57. The molecule has 0 atom stereocenters. The van der Waals surface area contributed by atoms with Crippen LogP contribution in [0.15, 0.2) is 83.7 Å². The summed E-state index contributed by atoms with van der Waals surface area (Å²) in [6.07, 6.45) is 0.283. The molecule has 3 N–H and O–H groups in total. The Morgan fingerprint density at radius 1 is 0.902 bits per heavy atom. The molecule has 0 spiro atoms. The number of likely N-dealkylation sites (N-methyl/N-ethyl adjacent to an activating group) is 1. The van der Waals surface area contributed by atoms with Crippen molar-refractivity contribution in [3.63, 3.8) is 0 Å². The topological polar surface area (TPSA) is 136 Å². The summed E-state index contributed by atoms with van der Waals surface area (Å²) in [6.45, 7) is 0.590. The first-order valence-electron chi connectivity index (χ1n) is 12.6. The van der Waals surface area contributed by atoms with Crippen molar-refractivity contribution in [1.82, 2.24) is 24.2 Å². The molecule has 204 valence electrons. The van der Waals surface area contributed by atoms with Crippen LogP contribution < -0.4 is 11.3 Å². The number of aromatic carboxylic acids is 1. The number of amides is 1. The Labute approximate surface area is 248 Å². The van der Waals surface area contributed by atoms with Crippen molar-refractivity contribution in [3.05, 3.63) is 111 Å². The number of carboxylic acid groups (broad SMARTS) is 1. The van der Waals surface area contributed by atoms with E-state index >= 15 is 0 Å². The summed E-state index contributed by atoms with van der Waals surface area (Å²) in [5.41, 5.74) is 11.6. The van der Waals surface area contributed by atoms with Crippen LogP contribution in [0.1, 0.15) is 27.0 Å². The van der Waals surface area contributed by atoms with E-state index in [0.29, 0.717) is 23.8 Å². The normalized spacial score (nSPS) is 10.8. The number of hydrogen-bond donors (Lipinski definition) is 2. The maximum absolute atomic E-state index is 12.5. The molecule has 5 rings (SSSR count). The van der Waals surface area contributed by atoms with Crippen LogP contribution in [0.4, 0.5) is 5.95 Å². The number of nitrogens with two attached hydrogens (primary N) is 1. The average molecular weight is 545 g/mol. The second-order valence-electron chi connectivity index (χ2n) is 9.76. The molecule has 0 bridgehead atoms. The number of imidazole rings is 1. The Hall–Kier alpha value is -4.65. The Bertz CT molecular complexity index is 1810. The summed E-state index contributed by atoms with van der Waals surface area (Å²) in [5.74, 6) is -0.654. The van der Waals surface area contributed by atoms with E-state index < -0.39 is 5.97 Å². The number of benzene rings is 3. The Balaban J connectivity index is 0.00000387. The molecule has 0 radical (unpaired) electrons. The number of hydrogen-bond acceptors (Lipinski definition) is 6. The summed E-state index contributed by atoms with van der Waals surface area (Å²) < 4.78 is 3.22. The molecule has 11 heteroatoms. The van der Waals surface area contributed by atoms with Gasteiger partial charge in [0.2, 0.25) is 11.9 Å². The third-order valence-electron chi connectivity index (χ3n) is 6.63. The Morgan fingerprint density at radius 3 is 2.37 bits per heavy atom. The first-order chi connectivity index (χ1) is 19.2. The van der Waals surface area contributed by atoms with E-state index in [4.69, 9.17) is 5.73 Å². The van der Waals surface area contributed by atoms with Crippen LogP contribution in [-0.2, 0) is 24.3 Å². The molecule has 0 unspecified atom stereocenters. The van der Waals surface area contributed by atoms with Gasteiger partial charge in [-0.2, -0.15) is 5.10 Å². The van der Waals surface area contributed by atoms with Gasteiger partial charge in [-0.15, -0.1) is 0 Å². The molecule has 0 aliphatic carbocycles. The SMILES string of the molecule is CN(C)C(=O)Cc1ccc2nc(N)n(Cc3cccc(-c4ccc(=O)n(Cc5cccc(C(=O)O)c5)n4)c3)c2c1.[LiH]. The number of carbonyl (C=O) groups excluding carboxylic acids is 1. The van der Waals surface area contributed by atoms with Crippen LogP contribution in [0.25, 0.3) is 22.3 Å². The molecule has 0 saturated heterocycles. The molecule has 3 aromatic carbocycles. The van der Waals surface area contributed by atoms with Gasteiger partial charge in [-0.05, 0) is 53.1 Å². The number of nitrogen functional groups attached to an aromatic ring is 1. The van der Waals surface area contributed by atoms with E-state index in [9.17, 15) is 19.5 Å². The zero-order chi connectivity index (χ0) is 28.4. The van der Waals surface area contributed by atoms with Crippen molar-refractivity contribution >= 4 is 47.7 Å². The number of carboxylic acids is 1. The minimum absolute atomic E-state index is 0. The molecule has 2 heterocycles. The monoisotopic (exact) mass is 544 g/mol. The van der Waals surface area contributed by atoms with Crippen LogP contribution in [0, 0.1) is 0 Å². The predicted octanol–water partition coefficient (Wildman–Crippen LogP) is 2.62. The number of anilines is 1. The van der Waals surface area contributed by atoms with Crippen molar-refractivity contribution in [2.75, 3.05) is 19.8 Å². The molecular formula is C30H29LiN6O4. The first-order valence-corrected chi connectivity index (χ1v) is 12.6. The molecule has 1 amide bonds. The molecular weight excluding hydrogens is 515 g/mol. The second kappa shape index (κ2) is 12.2. The Morgan fingerprint density at radius 2 is 1.63 bits per heavy atom. The fourth-order valence-corrected chi connectivity index (χ4v) is 4.50. The molecule has 0 fully saturated rings. The van der Waals surface area contributed by atoms with Gasteiger partial charge in [0.15, 0.2) is 0 Å². The van der Waals surface area contributed by atoms with Crippen molar-refractivity contribution in [1.29, 1.82) is 0 Å². The van der Waals surface area contributed by atoms with Gasteiger partial charge in [-0.3, -0.25) is 9.59 Å². The molecule has 10 nitrogen and oxygen atoms in total. The fourth-order valence-electron chi connectivity index (χ4n) is 4.50. The van der Waals surface area contributed by atoms with Crippen molar-refractivity contribution in [3.8, 4) is 11.3 Å². The molecule has 0 aliphatic rings. The van der Waals surface area contributed by atoms with Crippen LogP contribution in [0.2, 0.25) is 0 Å². The third-order valence-corrected chi connectivity index (χ3v) is 6.63. The zero-order valence-corrected chi connectivity index (χ0v) is 22.1. The molecule has 2 aromatic heterocycles. The molecule has 41 heavy (non-hydrogen) atoms. The predicted molar refractivity (Wildman–Crippen MR) is 159 cm³/mol. The van der Waals surface area contributed by atoms with Crippen LogP contribution >= 0.6 is 0 Å². The summed E-state index contributed by atoms with van der Waals surface area (Å²) >= 11 is 0. The summed E-state index contributed by atoms with van der Waals surface area (Å²) in [4.78, 5) is 42.1. The minimum atomic E-state index is -1.03. The van der Waals surface area contributed by atoms with E-state index in [-0.39, 0.29) is 48.9 Å². The number of carbonyl (C=O) groups is 2. The van der Waals surface area contributed by atoms with Gasteiger partial charge < -0.3 is 20.3 Å². The van der Waals surface area contributed by atoms with Crippen LogP contribution in [0.5, 0.6) is 0 Å². The van der Waals surface area contributed by atoms with Crippen LogP contribution in [-0.4, -0.2) is 74.2 Å². The van der Waals surface area contributed by atoms with Crippen molar-refractivity contribution in [2.45, 2.75) is 19.5 Å². The Kier molecular flexibility index (Phi) is 8.76. The summed E-state index contributed by atoms with van der Waals surface area (Å²) in [7, 11) is 3.46. The van der Waals surface area contributed by atoms with Gasteiger partial charge >= 0.3 is 24.8 Å². The fraction of sp³-hybridized carbons (Fsp3) is 0.167. The van der Waals surface area contributed by atoms with E-state index in [1.807, 2.05) is 47.0 Å². The number of fused-ring (bicyclic) bond motifs is 1. The molecule has 0 saturated carbocycles. The van der Waals surface area contributed by atoms with E-state index in [1.165, 1.54) is 22.9 Å². The van der Waals surface area contributed by atoms with E-state index in [1.54, 1.807) is 37.2 Å². The van der Waals surface area contributed by atoms with Gasteiger partial charge in [0.05, 0.1) is 41.8 Å². The van der Waals surface area contributed by atoms with Crippen LogP contribution in [0.3, 0.4) is 0 Å². The first kappa shape index (κ1) is 29.3. The summed E-state index contributed by atoms with van der Waals surface area (Å²) in [6, 6.07) is 23.0. The van der Waals surface area contributed by atoms with Gasteiger partial charge in [-0.1, -0.05) is 36.4 Å². The van der Waals surface area contributed by atoms with Gasteiger partial charge in [0.25, 0.3) is 5.56 Å². The average Bonchev–Trinajstić information content (AvgIpc) is 3.24. The second-order valence-corrected chi connectivity index (χ2v) is 9.76.